The van der Waals surface area contributed by atoms with Crippen molar-refractivity contribution in [2.75, 3.05) is 7.11 Å². The van der Waals surface area contributed by atoms with Gasteiger partial charge < -0.3 is 14.0 Å². The summed E-state index contributed by atoms with van der Waals surface area (Å²) in [4.78, 5) is 0. The first-order valence-corrected chi connectivity index (χ1v) is 8.87. The molecular formula is C18H31BO3. The van der Waals surface area contributed by atoms with Crippen LogP contribution in [0.15, 0.2) is 11.5 Å². The van der Waals surface area contributed by atoms with Crippen molar-refractivity contribution in [1.29, 1.82) is 0 Å². The van der Waals surface area contributed by atoms with Crippen molar-refractivity contribution < 1.29 is 14.0 Å². The standard InChI is InChI=1S/C18H31BO3/c1-16(2)17(3,4)22-19(21-16)14-9-10-15(20-5)18(13-14)11-7-6-8-12-18/h9,15H,6-8,10-13H2,1-5H3. The second kappa shape index (κ2) is 5.64. The molecule has 0 radical (unpaired) electrons. The van der Waals surface area contributed by atoms with Crippen LogP contribution in [-0.4, -0.2) is 31.5 Å². The molecule has 1 atom stereocenters. The Balaban J connectivity index is 1.80. The number of ether oxygens (including phenoxy) is 1. The quantitative estimate of drug-likeness (QED) is 0.712. The molecule has 3 aliphatic rings. The van der Waals surface area contributed by atoms with Crippen molar-refractivity contribution in [3.63, 3.8) is 0 Å². The van der Waals surface area contributed by atoms with Crippen molar-refractivity contribution in [3.05, 3.63) is 11.5 Å². The maximum Gasteiger partial charge on any atom is 0.490 e. The molecule has 2 aliphatic carbocycles. The number of hydrogen-bond acceptors (Lipinski definition) is 3. The predicted molar refractivity (Wildman–Crippen MR) is 89.7 cm³/mol. The van der Waals surface area contributed by atoms with Crippen molar-refractivity contribution in [3.8, 4) is 0 Å². The van der Waals surface area contributed by atoms with E-state index in [4.69, 9.17) is 14.0 Å². The molecule has 1 unspecified atom stereocenters. The summed E-state index contributed by atoms with van der Waals surface area (Å²) in [7, 11) is 1.69. The minimum absolute atomic E-state index is 0.179. The van der Waals surface area contributed by atoms with E-state index in [1.54, 1.807) is 0 Å². The summed E-state index contributed by atoms with van der Waals surface area (Å²) < 4.78 is 18.4. The molecule has 0 bridgehead atoms. The van der Waals surface area contributed by atoms with Crippen LogP contribution >= 0.6 is 0 Å². The minimum atomic E-state index is -0.254. The summed E-state index contributed by atoms with van der Waals surface area (Å²) in [6, 6.07) is 0. The zero-order chi connectivity index (χ0) is 16.0. The Hall–Kier alpha value is -0.315. The van der Waals surface area contributed by atoms with Gasteiger partial charge in [0.05, 0.1) is 17.3 Å². The highest BCUT2D eigenvalue weighted by Gasteiger charge is 2.54. The Bertz CT molecular complexity index is 433. The molecule has 1 aliphatic heterocycles. The van der Waals surface area contributed by atoms with Crippen LogP contribution in [0.2, 0.25) is 0 Å². The van der Waals surface area contributed by atoms with Gasteiger partial charge in [0, 0.05) is 7.11 Å². The molecule has 1 spiro atoms. The summed E-state index contributed by atoms with van der Waals surface area (Å²) in [5.74, 6) is 0. The van der Waals surface area contributed by atoms with Gasteiger partial charge in [-0.3, -0.25) is 0 Å². The first kappa shape index (κ1) is 16.5. The van der Waals surface area contributed by atoms with E-state index in [0.29, 0.717) is 11.5 Å². The summed E-state index contributed by atoms with van der Waals surface area (Å²) >= 11 is 0. The van der Waals surface area contributed by atoms with Gasteiger partial charge in [0.2, 0.25) is 0 Å². The third-order valence-electron chi connectivity index (χ3n) is 6.52. The molecule has 3 nitrogen and oxygen atoms in total. The van der Waals surface area contributed by atoms with E-state index in [2.05, 4.69) is 33.8 Å². The maximum atomic E-state index is 6.28. The lowest BCUT2D eigenvalue weighted by atomic mass is 9.58. The lowest BCUT2D eigenvalue weighted by molar-refractivity contribution is -0.0378. The van der Waals surface area contributed by atoms with Crippen molar-refractivity contribution in [2.45, 2.75) is 89.9 Å². The molecule has 3 rings (SSSR count). The van der Waals surface area contributed by atoms with Gasteiger partial charge in [0.15, 0.2) is 0 Å². The van der Waals surface area contributed by atoms with Crippen molar-refractivity contribution in [1.82, 2.24) is 0 Å². The topological polar surface area (TPSA) is 27.7 Å². The van der Waals surface area contributed by atoms with E-state index in [9.17, 15) is 0 Å². The third-order valence-corrected chi connectivity index (χ3v) is 6.52. The first-order valence-electron chi connectivity index (χ1n) is 8.87. The number of hydrogen-bond donors (Lipinski definition) is 0. The Morgan fingerprint density at radius 1 is 1.05 bits per heavy atom. The summed E-state index contributed by atoms with van der Waals surface area (Å²) in [5.41, 5.74) is 1.14. The van der Waals surface area contributed by atoms with E-state index in [1.165, 1.54) is 37.6 Å². The zero-order valence-electron chi connectivity index (χ0n) is 14.9. The molecule has 0 aromatic heterocycles. The van der Waals surface area contributed by atoms with Gasteiger partial charge in [0.25, 0.3) is 0 Å². The summed E-state index contributed by atoms with van der Waals surface area (Å²) in [6.45, 7) is 8.52. The second-order valence-electron chi connectivity index (χ2n) is 8.43. The van der Waals surface area contributed by atoms with Gasteiger partial charge in [0.1, 0.15) is 0 Å². The van der Waals surface area contributed by atoms with Gasteiger partial charge in [-0.25, -0.2) is 0 Å². The fourth-order valence-corrected chi connectivity index (χ4v) is 4.38. The van der Waals surface area contributed by atoms with Crippen molar-refractivity contribution in [2.24, 2.45) is 5.41 Å². The van der Waals surface area contributed by atoms with Crippen LogP contribution < -0.4 is 0 Å². The lowest BCUT2D eigenvalue weighted by Gasteiger charge is -2.46. The van der Waals surface area contributed by atoms with Gasteiger partial charge >= 0.3 is 7.12 Å². The maximum absolute atomic E-state index is 6.28. The van der Waals surface area contributed by atoms with Crippen molar-refractivity contribution >= 4 is 7.12 Å². The fraction of sp³-hybridized carbons (Fsp3) is 0.889. The predicted octanol–water partition coefficient (Wildman–Crippen LogP) is 4.30. The molecule has 124 valence electrons. The molecule has 0 N–H and O–H groups in total. The normalized spacial score (nSPS) is 33.0. The van der Waals surface area contributed by atoms with E-state index in [1.807, 2.05) is 7.11 Å². The highest BCUT2D eigenvalue weighted by atomic mass is 16.7. The average molecular weight is 306 g/mol. The number of allylic oxidation sites excluding steroid dienone is 1. The number of methoxy groups -OCH3 is 1. The van der Waals surface area contributed by atoms with Crippen LogP contribution in [0, 0.1) is 5.41 Å². The Morgan fingerprint density at radius 2 is 1.64 bits per heavy atom. The molecule has 0 aromatic carbocycles. The smallest absolute Gasteiger partial charge is 0.400 e. The highest BCUT2D eigenvalue weighted by molar-refractivity contribution is 6.54. The van der Waals surface area contributed by atoms with Crippen LogP contribution in [0.1, 0.15) is 72.6 Å². The monoisotopic (exact) mass is 306 g/mol. The van der Waals surface area contributed by atoms with Crippen LogP contribution in [-0.2, 0) is 14.0 Å². The van der Waals surface area contributed by atoms with E-state index in [-0.39, 0.29) is 18.3 Å². The van der Waals surface area contributed by atoms with Gasteiger partial charge in [-0.05, 0) is 64.3 Å². The van der Waals surface area contributed by atoms with Gasteiger partial charge in [-0.2, -0.15) is 0 Å². The molecule has 1 saturated heterocycles. The first-order chi connectivity index (χ1) is 10.3. The molecule has 2 fully saturated rings. The molecular weight excluding hydrogens is 275 g/mol. The van der Waals surface area contributed by atoms with E-state index < -0.39 is 0 Å². The SMILES string of the molecule is COC1CC=C(B2OC(C)(C)C(C)(C)O2)CC12CCCCC2. The number of rotatable bonds is 2. The molecule has 0 amide bonds. The third kappa shape index (κ3) is 2.68. The highest BCUT2D eigenvalue weighted by Crippen LogP contribution is 2.50. The van der Waals surface area contributed by atoms with Gasteiger partial charge in [-0.1, -0.05) is 25.3 Å². The Morgan fingerprint density at radius 3 is 2.18 bits per heavy atom. The Labute approximate surface area is 135 Å². The van der Waals surface area contributed by atoms with E-state index >= 15 is 0 Å². The minimum Gasteiger partial charge on any atom is -0.400 e. The second-order valence-corrected chi connectivity index (χ2v) is 8.43. The molecule has 4 heteroatoms. The lowest BCUT2D eigenvalue weighted by Crippen LogP contribution is -2.43. The largest absolute Gasteiger partial charge is 0.490 e. The van der Waals surface area contributed by atoms with Gasteiger partial charge in [-0.15, -0.1) is 0 Å². The Kier molecular flexibility index (Phi) is 4.24. The van der Waals surface area contributed by atoms with Crippen LogP contribution in [0.5, 0.6) is 0 Å². The summed E-state index contributed by atoms with van der Waals surface area (Å²) in [5, 5.41) is 0. The summed E-state index contributed by atoms with van der Waals surface area (Å²) in [6.07, 6.45) is 11.3. The zero-order valence-corrected chi connectivity index (χ0v) is 14.9. The van der Waals surface area contributed by atoms with E-state index in [0.717, 1.165) is 12.8 Å². The fourth-order valence-electron chi connectivity index (χ4n) is 4.38. The van der Waals surface area contributed by atoms with Crippen LogP contribution in [0.3, 0.4) is 0 Å². The molecule has 1 heterocycles. The van der Waals surface area contributed by atoms with Crippen LogP contribution in [0.4, 0.5) is 0 Å². The molecule has 0 aromatic rings. The molecule has 1 saturated carbocycles. The average Bonchev–Trinajstić information content (AvgIpc) is 2.68. The molecule has 22 heavy (non-hydrogen) atoms. The van der Waals surface area contributed by atoms with Crippen LogP contribution in [0.25, 0.3) is 0 Å².